The van der Waals surface area contributed by atoms with Gasteiger partial charge in [0.2, 0.25) is 0 Å². The molecule has 2 amide bonds. The van der Waals surface area contributed by atoms with Crippen LogP contribution >= 0.6 is 0 Å². The van der Waals surface area contributed by atoms with Crippen molar-refractivity contribution in [2.45, 2.75) is 40.2 Å². The molecule has 180 valence electrons. The van der Waals surface area contributed by atoms with Crippen LogP contribution in [0.1, 0.15) is 50.3 Å². The second kappa shape index (κ2) is 10.6. The number of carbonyl (C=O) groups is 2. The van der Waals surface area contributed by atoms with Crippen LogP contribution in [0.15, 0.2) is 84.6 Å². The molecule has 0 spiro atoms. The van der Waals surface area contributed by atoms with Crippen LogP contribution in [0.25, 0.3) is 5.57 Å². The van der Waals surface area contributed by atoms with Crippen LogP contribution in [0.3, 0.4) is 0 Å². The summed E-state index contributed by atoms with van der Waals surface area (Å²) in [7, 11) is 0. The van der Waals surface area contributed by atoms with Crippen LogP contribution < -0.4 is 10.1 Å². The standard InChI is InChI=1S/C30H32N2O3/c1-20(2)19-35-26-16-12-24(13-17-26)27-28(31-25-14-10-23(11-15-25)21(3)4)30(34)32(29(27)33)18-22-8-6-5-7-9-22/h5-17,20-21,31H,18-19H2,1-4H3. The third-order valence-electron chi connectivity index (χ3n) is 5.92. The van der Waals surface area contributed by atoms with Gasteiger partial charge in [0.15, 0.2) is 0 Å². The lowest BCUT2D eigenvalue weighted by Crippen LogP contribution is -2.31. The molecular formula is C30H32N2O3. The van der Waals surface area contributed by atoms with Gasteiger partial charge < -0.3 is 10.1 Å². The van der Waals surface area contributed by atoms with Crippen LogP contribution in [0, 0.1) is 5.92 Å². The molecule has 1 aliphatic heterocycles. The molecule has 1 aliphatic rings. The Morgan fingerprint density at radius 1 is 0.800 bits per heavy atom. The van der Waals surface area contributed by atoms with Gasteiger partial charge in [-0.1, -0.05) is 82.3 Å². The average Bonchev–Trinajstić information content (AvgIpc) is 3.08. The number of anilines is 1. The maximum Gasteiger partial charge on any atom is 0.278 e. The highest BCUT2D eigenvalue weighted by molar-refractivity contribution is 6.36. The highest BCUT2D eigenvalue weighted by Crippen LogP contribution is 2.32. The van der Waals surface area contributed by atoms with Gasteiger partial charge >= 0.3 is 0 Å². The summed E-state index contributed by atoms with van der Waals surface area (Å²) in [6, 6.07) is 24.9. The van der Waals surface area contributed by atoms with Crippen molar-refractivity contribution in [3.63, 3.8) is 0 Å². The van der Waals surface area contributed by atoms with Gasteiger partial charge in [-0.3, -0.25) is 14.5 Å². The topological polar surface area (TPSA) is 58.6 Å². The molecule has 0 radical (unpaired) electrons. The number of hydrogen-bond acceptors (Lipinski definition) is 4. The molecule has 4 rings (SSSR count). The predicted octanol–water partition coefficient (Wildman–Crippen LogP) is 6.24. The molecule has 1 heterocycles. The van der Waals surface area contributed by atoms with Crippen molar-refractivity contribution in [1.82, 2.24) is 4.90 Å². The lowest BCUT2D eigenvalue weighted by atomic mass is 10.0. The Labute approximate surface area is 207 Å². The second-order valence-corrected chi connectivity index (χ2v) is 9.56. The summed E-state index contributed by atoms with van der Waals surface area (Å²) in [4.78, 5) is 28.3. The van der Waals surface area contributed by atoms with Gasteiger partial charge in [0.25, 0.3) is 11.8 Å². The summed E-state index contributed by atoms with van der Waals surface area (Å²) >= 11 is 0. The fourth-order valence-electron chi connectivity index (χ4n) is 3.95. The fourth-order valence-corrected chi connectivity index (χ4v) is 3.95. The normalized spacial score (nSPS) is 13.8. The molecule has 0 aliphatic carbocycles. The summed E-state index contributed by atoms with van der Waals surface area (Å²) in [5, 5.41) is 3.24. The number of nitrogens with zero attached hydrogens (tertiary/aromatic N) is 1. The van der Waals surface area contributed by atoms with E-state index in [-0.39, 0.29) is 18.4 Å². The second-order valence-electron chi connectivity index (χ2n) is 9.56. The maximum absolute atomic E-state index is 13.5. The fraction of sp³-hybridized carbons (Fsp3) is 0.267. The molecule has 5 heteroatoms. The quantitative estimate of drug-likeness (QED) is 0.378. The molecule has 0 fully saturated rings. The number of benzene rings is 3. The average molecular weight is 469 g/mol. The van der Waals surface area contributed by atoms with E-state index in [1.54, 1.807) is 0 Å². The van der Waals surface area contributed by atoms with E-state index in [2.05, 4.69) is 33.0 Å². The maximum atomic E-state index is 13.5. The molecule has 1 N–H and O–H groups in total. The van der Waals surface area contributed by atoms with E-state index in [1.807, 2.05) is 78.9 Å². The van der Waals surface area contributed by atoms with Gasteiger partial charge in [0.1, 0.15) is 11.4 Å². The van der Waals surface area contributed by atoms with Crippen LogP contribution in [0.4, 0.5) is 5.69 Å². The molecule has 35 heavy (non-hydrogen) atoms. The van der Waals surface area contributed by atoms with Gasteiger partial charge in [0.05, 0.1) is 18.7 Å². The molecular weight excluding hydrogens is 436 g/mol. The van der Waals surface area contributed by atoms with Crippen molar-refractivity contribution >= 4 is 23.1 Å². The number of imide groups is 1. The molecule has 3 aromatic rings. The Hall–Kier alpha value is -3.86. The van der Waals surface area contributed by atoms with Crippen molar-refractivity contribution < 1.29 is 14.3 Å². The molecule has 0 saturated carbocycles. The zero-order valence-electron chi connectivity index (χ0n) is 20.7. The minimum absolute atomic E-state index is 0.217. The Morgan fingerprint density at radius 3 is 2.06 bits per heavy atom. The number of rotatable bonds is 9. The molecule has 0 saturated heterocycles. The molecule has 5 nitrogen and oxygen atoms in total. The first kappa shape index (κ1) is 24.3. The van der Waals surface area contributed by atoms with E-state index in [4.69, 9.17) is 4.74 Å². The predicted molar refractivity (Wildman–Crippen MR) is 140 cm³/mol. The van der Waals surface area contributed by atoms with Gasteiger partial charge in [-0.2, -0.15) is 0 Å². The molecule has 3 aromatic carbocycles. The van der Waals surface area contributed by atoms with E-state index in [1.165, 1.54) is 10.5 Å². The first-order valence-corrected chi connectivity index (χ1v) is 12.1. The Kier molecular flexibility index (Phi) is 7.35. The largest absolute Gasteiger partial charge is 0.493 e. The number of carbonyl (C=O) groups excluding carboxylic acids is 2. The van der Waals surface area contributed by atoms with E-state index >= 15 is 0 Å². The highest BCUT2D eigenvalue weighted by atomic mass is 16.5. The molecule has 0 bridgehead atoms. The van der Waals surface area contributed by atoms with Crippen molar-refractivity contribution in [3.8, 4) is 5.75 Å². The summed E-state index contributed by atoms with van der Waals surface area (Å²) < 4.78 is 5.79. The van der Waals surface area contributed by atoms with Gasteiger partial charge in [-0.15, -0.1) is 0 Å². The van der Waals surface area contributed by atoms with E-state index in [0.29, 0.717) is 35.3 Å². The number of nitrogens with one attached hydrogen (secondary N) is 1. The Morgan fingerprint density at radius 2 is 1.46 bits per heavy atom. The Bertz CT molecular complexity index is 1210. The van der Waals surface area contributed by atoms with Gasteiger partial charge in [-0.25, -0.2) is 0 Å². The van der Waals surface area contributed by atoms with E-state index < -0.39 is 0 Å². The Balaban J connectivity index is 1.67. The summed E-state index contributed by atoms with van der Waals surface area (Å²) in [5.74, 6) is 0.917. The van der Waals surface area contributed by atoms with Gasteiger partial charge in [0, 0.05) is 5.69 Å². The lowest BCUT2D eigenvalue weighted by Gasteiger charge is -2.15. The third-order valence-corrected chi connectivity index (χ3v) is 5.92. The minimum Gasteiger partial charge on any atom is -0.493 e. The first-order valence-electron chi connectivity index (χ1n) is 12.1. The molecule has 0 atom stereocenters. The van der Waals surface area contributed by atoms with Gasteiger partial charge in [-0.05, 0) is 52.8 Å². The number of hydrogen-bond donors (Lipinski definition) is 1. The van der Waals surface area contributed by atoms with E-state index in [9.17, 15) is 9.59 Å². The number of ether oxygens (including phenoxy) is 1. The van der Waals surface area contributed by atoms with E-state index in [0.717, 1.165) is 17.0 Å². The van der Waals surface area contributed by atoms with Crippen molar-refractivity contribution in [1.29, 1.82) is 0 Å². The first-order chi connectivity index (χ1) is 16.8. The molecule has 0 aromatic heterocycles. The van der Waals surface area contributed by atoms with Crippen LogP contribution in [0.5, 0.6) is 5.75 Å². The third kappa shape index (κ3) is 5.62. The van der Waals surface area contributed by atoms with Crippen LogP contribution in [0.2, 0.25) is 0 Å². The SMILES string of the molecule is CC(C)COc1ccc(C2=C(Nc3ccc(C(C)C)cc3)C(=O)N(Cc3ccccc3)C2=O)cc1. The highest BCUT2D eigenvalue weighted by Gasteiger charge is 2.39. The van der Waals surface area contributed by atoms with Crippen molar-refractivity contribution in [2.75, 3.05) is 11.9 Å². The monoisotopic (exact) mass is 468 g/mol. The summed E-state index contributed by atoms with van der Waals surface area (Å²) in [6.07, 6.45) is 0. The van der Waals surface area contributed by atoms with Crippen LogP contribution in [-0.2, 0) is 16.1 Å². The van der Waals surface area contributed by atoms with Crippen molar-refractivity contribution in [2.24, 2.45) is 5.92 Å². The minimum atomic E-state index is -0.332. The van der Waals surface area contributed by atoms with Crippen LogP contribution in [-0.4, -0.2) is 23.3 Å². The lowest BCUT2D eigenvalue weighted by molar-refractivity contribution is -0.137. The number of amides is 2. The molecule has 0 unspecified atom stereocenters. The summed E-state index contributed by atoms with van der Waals surface area (Å²) in [5.41, 5.74) is 4.21. The smallest absolute Gasteiger partial charge is 0.278 e. The zero-order valence-corrected chi connectivity index (χ0v) is 20.7. The van der Waals surface area contributed by atoms with Crippen molar-refractivity contribution in [3.05, 3.63) is 101 Å². The summed E-state index contributed by atoms with van der Waals surface area (Å²) in [6.45, 7) is 9.29. The zero-order chi connectivity index (χ0) is 24.9.